The van der Waals surface area contributed by atoms with E-state index in [0.29, 0.717) is 11.6 Å². The summed E-state index contributed by atoms with van der Waals surface area (Å²) in [6.07, 6.45) is 0.841. The van der Waals surface area contributed by atoms with Gasteiger partial charge in [0.2, 0.25) is 0 Å². The van der Waals surface area contributed by atoms with E-state index in [2.05, 4.69) is 29.1 Å². The molecule has 1 fully saturated rings. The van der Waals surface area contributed by atoms with Crippen LogP contribution in [0.15, 0.2) is 18.2 Å². The van der Waals surface area contributed by atoms with Crippen LogP contribution in [0.1, 0.15) is 24.9 Å². The highest BCUT2D eigenvalue weighted by Crippen LogP contribution is 2.20. The topological polar surface area (TPSA) is 18.5 Å². The molecule has 0 aliphatic carbocycles. The van der Waals surface area contributed by atoms with Crippen molar-refractivity contribution in [2.45, 2.75) is 25.4 Å². The van der Waals surface area contributed by atoms with E-state index in [9.17, 15) is 8.78 Å². The molecule has 0 bridgehead atoms. The van der Waals surface area contributed by atoms with E-state index in [4.69, 9.17) is 0 Å². The molecule has 1 aliphatic rings. The molecule has 2 rings (SSSR count). The molecule has 2 atom stereocenters. The van der Waals surface area contributed by atoms with E-state index in [1.165, 1.54) is 12.1 Å². The number of nitrogens with zero attached hydrogens (tertiary/aromatic N) is 2. The molecule has 2 unspecified atom stereocenters. The van der Waals surface area contributed by atoms with Crippen LogP contribution in [0, 0.1) is 11.6 Å². The zero-order chi connectivity index (χ0) is 15.4. The highest BCUT2D eigenvalue weighted by Gasteiger charge is 2.22. The number of hydrogen-bond donors (Lipinski definition) is 1. The second-order valence-electron chi connectivity index (χ2n) is 5.98. The van der Waals surface area contributed by atoms with Crippen molar-refractivity contribution < 1.29 is 8.78 Å². The minimum absolute atomic E-state index is 0.0259. The summed E-state index contributed by atoms with van der Waals surface area (Å²) in [7, 11) is 3.97. The molecule has 0 amide bonds. The van der Waals surface area contributed by atoms with Gasteiger partial charge < -0.3 is 10.2 Å². The maximum Gasteiger partial charge on any atom is 0.126 e. The van der Waals surface area contributed by atoms with Gasteiger partial charge in [0, 0.05) is 44.3 Å². The van der Waals surface area contributed by atoms with Gasteiger partial charge in [0.1, 0.15) is 11.6 Å². The standard InChI is InChI=1S/C16H25F2N3/c1-12-11-20(3)6-7-21(12)5-4-16(19-2)13-8-14(17)10-15(18)9-13/h8-10,12,16,19H,4-7,11H2,1-3H3. The van der Waals surface area contributed by atoms with E-state index in [1.54, 1.807) is 0 Å². The summed E-state index contributed by atoms with van der Waals surface area (Å²) < 4.78 is 26.7. The van der Waals surface area contributed by atoms with Crippen molar-refractivity contribution in [2.24, 2.45) is 0 Å². The molecule has 0 saturated carbocycles. The second kappa shape index (κ2) is 7.29. The first kappa shape index (κ1) is 16.3. The molecule has 1 heterocycles. The summed E-state index contributed by atoms with van der Waals surface area (Å²) in [5.74, 6) is -1.03. The molecular formula is C16H25F2N3. The highest BCUT2D eigenvalue weighted by molar-refractivity contribution is 5.21. The van der Waals surface area contributed by atoms with Gasteiger partial charge in [-0.05, 0) is 45.1 Å². The average molecular weight is 297 g/mol. The monoisotopic (exact) mass is 297 g/mol. The zero-order valence-corrected chi connectivity index (χ0v) is 13.1. The molecule has 1 saturated heterocycles. The average Bonchev–Trinajstić information content (AvgIpc) is 2.40. The third-order valence-corrected chi connectivity index (χ3v) is 4.31. The summed E-state index contributed by atoms with van der Waals surface area (Å²) >= 11 is 0. The summed E-state index contributed by atoms with van der Waals surface area (Å²) in [4.78, 5) is 4.78. The summed E-state index contributed by atoms with van der Waals surface area (Å²) in [6, 6.07) is 4.24. The lowest BCUT2D eigenvalue weighted by Gasteiger charge is -2.38. The number of nitrogens with one attached hydrogen (secondary N) is 1. The number of halogens is 2. The van der Waals surface area contributed by atoms with Crippen LogP contribution in [0.4, 0.5) is 8.78 Å². The quantitative estimate of drug-likeness (QED) is 0.899. The second-order valence-corrected chi connectivity index (χ2v) is 5.98. The van der Waals surface area contributed by atoms with Crippen molar-refractivity contribution in [1.82, 2.24) is 15.1 Å². The van der Waals surface area contributed by atoms with Gasteiger partial charge in [-0.1, -0.05) is 0 Å². The molecule has 1 aromatic rings. The first-order chi connectivity index (χ1) is 9.99. The van der Waals surface area contributed by atoms with Crippen LogP contribution in [0.25, 0.3) is 0 Å². The Balaban J connectivity index is 1.96. The number of benzene rings is 1. The van der Waals surface area contributed by atoms with Crippen LogP contribution in [0.3, 0.4) is 0 Å². The van der Waals surface area contributed by atoms with Crippen LogP contribution in [0.2, 0.25) is 0 Å². The Morgan fingerprint density at radius 3 is 2.48 bits per heavy atom. The molecule has 1 aliphatic heterocycles. The minimum atomic E-state index is -0.516. The van der Waals surface area contributed by atoms with Crippen molar-refractivity contribution in [2.75, 3.05) is 40.3 Å². The van der Waals surface area contributed by atoms with Crippen molar-refractivity contribution in [3.63, 3.8) is 0 Å². The first-order valence-corrected chi connectivity index (χ1v) is 7.55. The Labute approximate surface area is 125 Å². The lowest BCUT2D eigenvalue weighted by atomic mass is 10.0. The first-order valence-electron chi connectivity index (χ1n) is 7.55. The van der Waals surface area contributed by atoms with Gasteiger partial charge in [0.15, 0.2) is 0 Å². The third-order valence-electron chi connectivity index (χ3n) is 4.31. The molecule has 3 nitrogen and oxygen atoms in total. The zero-order valence-electron chi connectivity index (χ0n) is 13.1. The van der Waals surface area contributed by atoms with Crippen LogP contribution < -0.4 is 5.32 Å². The predicted octanol–water partition coefficient (Wildman–Crippen LogP) is 2.25. The van der Waals surface area contributed by atoms with Crippen LogP contribution in [-0.4, -0.2) is 56.1 Å². The van der Waals surface area contributed by atoms with Gasteiger partial charge in [-0.15, -0.1) is 0 Å². The lowest BCUT2D eigenvalue weighted by Crippen LogP contribution is -2.50. The van der Waals surface area contributed by atoms with Crippen molar-refractivity contribution in [3.8, 4) is 0 Å². The number of hydrogen-bond acceptors (Lipinski definition) is 3. The lowest BCUT2D eigenvalue weighted by molar-refractivity contribution is 0.0963. The summed E-state index contributed by atoms with van der Waals surface area (Å²) in [5.41, 5.74) is 0.678. The number of likely N-dealkylation sites (N-methyl/N-ethyl adjacent to an activating group) is 1. The Bertz CT molecular complexity index is 447. The van der Waals surface area contributed by atoms with Crippen molar-refractivity contribution in [3.05, 3.63) is 35.4 Å². The van der Waals surface area contributed by atoms with Gasteiger partial charge >= 0.3 is 0 Å². The minimum Gasteiger partial charge on any atom is -0.313 e. The molecule has 0 aromatic heterocycles. The van der Waals surface area contributed by atoms with Crippen LogP contribution >= 0.6 is 0 Å². The molecule has 1 aromatic carbocycles. The van der Waals surface area contributed by atoms with E-state index >= 15 is 0 Å². The van der Waals surface area contributed by atoms with Gasteiger partial charge in [0.05, 0.1) is 0 Å². The molecule has 21 heavy (non-hydrogen) atoms. The predicted molar refractivity (Wildman–Crippen MR) is 81.3 cm³/mol. The van der Waals surface area contributed by atoms with E-state index in [-0.39, 0.29) is 6.04 Å². The molecule has 1 N–H and O–H groups in total. The van der Waals surface area contributed by atoms with Crippen LogP contribution in [0.5, 0.6) is 0 Å². The molecule has 118 valence electrons. The van der Waals surface area contributed by atoms with Gasteiger partial charge in [-0.25, -0.2) is 8.78 Å². The normalized spacial score (nSPS) is 22.4. The van der Waals surface area contributed by atoms with Crippen molar-refractivity contribution >= 4 is 0 Å². The van der Waals surface area contributed by atoms with Gasteiger partial charge in [0.25, 0.3) is 0 Å². The maximum absolute atomic E-state index is 13.3. The number of rotatable bonds is 5. The fourth-order valence-electron chi connectivity index (χ4n) is 3.06. The summed E-state index contributed by atoms with van der Waals surface area (Å²) in [5, 5.41) is 3.17. The van der Waals surface area contributed by atoms with Crippen LogP contribution in [-0.2, 0) is 0 Å². The fraction of sp³-hybridized carbons (Fsp3) is 0.625. The van der Waals surface area contributed by atoms with E-state index in [1.807, 2.05) is 7.05 Å². The maximum atomic E-state index is 13.3. The Hall–Kier alpha value is -1.04. The number of piperazine rings is 1. The van der Waals surface area contributed by atoms with E-state index < -0.39 is 11.6 Å². The summed E-state index contributed by atoms with van der Waals surface area (Å²) in [6.45, 7) is 6.35. The molecule has 0 spiro atoms. The third kappa shape index (κ3) is 4.46. The molecular weight excluding hydrogens is 272 g/mol. The fourth-order valence-corrected chi connectivity index (χ4v) is 3.06. The highest BCUT2D eigenvalue weighted by atomic mass is 19.1. The Morgan fingerprint density at radius 2 is 1.90 bits per heavy atom. The van der Waals surface area contributed by atoms with Gasteiger partial charge in [-0.2, -0.15) is 0 Å². The SMILES string of the molecule is CNC(CCN1CCN(C)CC1C)c1cc(F)cc(F)c1. The largest absolute Gasteiger partial charge is 0.313 e. The molecule has 0 radical (unpaired) electrons. The van der Waals surface area contributed by atoms with Crippen molar-refractivity contribution in [1.29, 1.82) is 0 Å². The smallest absolute Gasteiger partial charge is 0.126 e. The molecule has 5 heteroatoms. The Kier molecular flexibility index (Phi) is 5.67. The van der Waals surface area contributed by atoms with Gasteiger partial charge in [-0.3, -0.25) is 4.90 Å². The van der Waals surface area contributed by atoms with E-state index in [0.717, 1.165) is 38.7 Å². The Morgan fingerprint density at radius 1 is 1.24 bits per heavy atom.